The number of carbonyl (C=O) groups is 3. The quantitative estimate of drug-likeness (QED) is 0.432. The van der Waals surface area contributed by atoms with Crippen molar-refractivity contribution in [2.75, 3.05) is 0 Å². The summed E-state index contributed by atoms with van der Waals surface area (Å²) in [5.41, 5.74) is 0. The molecule has 0 radical (unpaired) electrons. The lowest BCUT2D eigenvalue weighted by molar-refractivity contribution is -0.160. The second-order valence-electron chi connectivity index (χ2n) is 8.27. The minimum absolute atomic E-state index is 0.172. The Labute approximate surface area is 166 Å². The van der Waals surface area contributed by atoms with Crippen molar-refractivity contribution in [2.45, 2.75) is 62.1 Å². The topological polar surface area (TPSA) is 98.8 Å². The first-order valence-electron chi connectivity index (χ1n) is 8.71. The van der Waals surface area contributed by atoms with Gasteiger partial charge in [-0.3, -0.25) is 19.3 Å². The Morgan fingerprint density at radius 3 is 2.63 bits per heavy atom. The van der Waals surface area contributed by atoms with E-state index in [-0.39, 0.29) is 18.2 Å². The van der Waals surface area contributed by atoms with Crippen molar-refractivity contribution in [2.24, 2.45) is 0 Å². The molecule has 2 fully saturated rings. The Balaban J connectivity index is 1.74. The van der Waals surface area contributed by atoms with Gasteiger partial charge in [0.25, 0.3) is 5.91 Å². The average molecular weight is 429 g/mol. The van der Waals surface area contributed by atoms with Gasteiger partial charge in [-0.05, 0) is 56.1 Å². The van der Waals surface area contributed by atoms with Gasteiger partial charge in [-0.15, -0.1) is 11.3 Å². The van der Waals surface area contributed by atoms with Crippen LogP contribution < -0.4 is 5.32 Å². The molecule has 0 aliphatic carbocycles. The zero-order valence-electron chi connectivity index (χ0n) is 16.0. The maximum absolute atomic E-state index is 13.0. The maximum atomic E-state index is 13.0. The Morgan fingerprint density at radius 2 is 2.07 bits per heavy atom. The molecule has 0 aromatic carbocycles. The molecule has 0 bridgehead atoms. The van der Waals surface area contributed by atoms with E-state index >= 15 is 0 Å². The second-order valence-corrected chi connectivity index (χ2v) is 15.9. The van der Waals surface area contributed by atoms with Crippen molar-refractivity contribution in [1.29, 1.82) is 0 Å². The van der Waals surface area contributed by atoms with Crippen LogP contribution in [-0.4, -0.2) is 57.8 Å². The second kappa shape index (κ2) is 6.91. The van der Waals surface area contributed by atoms with Crippen LogP contribution in [0.1, 0.15) is 18.7 Å². The summed E-state index contributed by atoms with van der Waals surface area (Å²) in [6.07, 6.45) is 0.172. The summed E-state index contributed by atoms with van der Waals surface area (Å²) >= 11 is -0.0380. The number of thiophene rings is 1. The van der Waals surface area contributed by atoms with Gasteiger partial charge in [0.15, 0.2) is 16.8 Å². The van der Waals surface area contributed by atoms with E-state index < -0.39 is 47.7 Å². The third kappa shape index (κ3) is 3.67. The summed E-state index contributed by atoms with van der Waals surface area (Å²) in [6.45, 7) is 9.05. The number of fused-ring (bicyclic) bond motifs is 1. The van der Waals surface area contributed by atoms with Crippen molar-refractivity contribution >= 4 is 48.6 Å². The fourth-order valence-electron chi connectivity index (χ4n) is 3.43. The van der Waals surface area contributed by atoms with Crippen LogP contribution in [-0.2, 0) is 36.4 Å². The number of hydrogen-bond acceptors (Lipinski definition) is 6. The number of nitrogens with one attached hydrogen (secondary N) is 1. The lowest BCUT2D eigenvalue weighted by atomic mass is 9.96. The van der Waals surface area contributed by atoms with Gasteiger partial charge in [-0.2, -0.15) is 0 Å². The summed E-state index contributed by atoms with van der Waals surface area (Å²) in [4.78, 5) is 39.9. The van der Waals surface area contributed by atoms with Crippen LogP contribution in [0.15, 0.2) is 17.5 Å². The molecule has 10 heteroatoms. The predicted molar refractivity (Wildman–Crippen MR) is 106 cm³/mol. The third-order valence-electron chi connectivity index (χ3n) is 4.62. The standard InChI is InChI=1S/C17H24N2O5S2Si/c1-17(2)13(16(22)24-27(3,4)5)19-14(21)12(15(19)26(17)23)18-11(20)9-10-7-6-8-25-10/h6-8,12-13,15H,9H2,1-5H3,(H,18,20)/t12-,13+,15-,26-/m1/s1. The lowest BCUT2D eigenvalue weighted by Gasteiger charge is -2.41. The van der Waals surface area contributed by atoms with Gasteiger partial charge >= 0.3 is 5.97 Å². The highest BCUT2D eigenvalue weighted by molar-refractivity contribution is 7.94. The Bertz CT molecular complexity index is 762. The molecule has 3 heterocycles. The molecule has 1 N–H and O–H groups in total. The Hall–Kier alpha value is -1.36. The first-order valence-corrected chi connectivity index (χ1v) is 14.2. The smallest absolute Gasteiger partial charge is 0.321 e. The van der Waals surface area contributed by atoms with Crippen LogP contribution in [0.3, 0.4) is 0 Å². The van der Waals surface area contributed by atoms with Crippen molar-refractivity contribution in [1.82, 2.24) is 10.2 Å². The van der Waals surface area contributed by atoms with E-state index in [0.29, 0.717) is 0 Å². The number of β-lactam (4-membered cyclic amide) rings is 1. The van der Waals surface area contributed by atoms with E-state index in [4.69, 9.17) is 4.43 Å². The maximum Gasteiger partial charge on any atom is 0.321 e. The minimum Gasteiger partial charge on any atom is -0.614 e. The van der Waals surface area contributed by atoms with E-state index in [1.165, 1.54) is 16.2 Å². The van der Waals surface area contributed by atoms with Crippen LogP contribution in [0.2, 0.25) is 19.6 Å². The normalized spacial score (nSPS) is 29.1. The summed E-state index contributed by atoms with van der Waals surface area (Å²) in [5.74, 6) is -1.18. The summed E-state index contributed by atoms with van der Waals surface area (Å²) in [5, 5.41) is 3.87. The van der Waals surface area contributed by atoms with Gasteiger partial charge in [-0.25, -0.2) is 0 Å². The molecule has 2 aliphatic rings. The summed E-state index contributed by atoms with van der Waals surface area (Å²) < 4.78 is 17.6. The third-order valence-corrected chi connectivity index (χ3v) is 8.50. The molecule has 4 atom stereocenters. The number of nitrogens with zero attached hydrogens (tertiary/aromatic N) is 1. The molecule has 1 aromatic rings. The van der Waals surface area contributed by atoms with E-state index in [1.54, 1.807) is 13.8 Å². The monoisotopic (exact) mass is 428 g/mol. The number of rotatable bonds is 5. The van der Waals surface area contributed by atoms with Crippen LogP contribution >= 0.6 is 11.3 Å². The molecule has 1 aromatic heterocycles. The molecule has 0 spiro atoms. The fraction of sp³-hybridized carbons (Fsp3) is 0.588. The highest BCUT2D eigenvalue weighted by atomic mass is 32.2. The van der Waals surface area contributed by atoms with Crippen LogP contribution in [0.4, 0.5) is 0 Å². The molecule has 7 nitrogen and oxygen atoms in total. The van der Waals surface area contributed by atoms with E-state index in [1.807, 2.05) is 37.2 Å². The SMILES string of the molecule is CC1(C)[C@H](C(=O)O[Si](C)(C)C)N2C(=O)[C@@H](NC(=O)Cc3cccs3)[C@H]2[S@@+]1[O-]. The molecule has 2 amide bonds. The van der Waals surface area contributed by atoms with Crippen LogP contribution in [0.5, 0.6) is 0 Å². The average Bonchev–Trinajstić information content (AvgIpc) is 3.08. The number of amides is 2. The molecule has 27 heavy (non-hydrogen) atoms. The molecule has 2 aliphatic heterocycles. The van der Waals surface area contributed by atoms with Crippen molar-refractivity contribution in [3.63, 3.8) is 0 Å². The molecular weight excluding hydrogens is 404 g/mol. The highest BCUT2D eigenvalue weighted by Gasteiger charge is 2.73. The van der Waals surface area contributed by atoms with Gasteiger partial charge in [0, 0.05) is 4.88 Å². The number of hydrogen-bond donors (Lipinski definition) is 1. The van der Waals surface area contributed by atoms with E-state index in [0.717, 1.165) is 4.88 Å². The zero-order valence-corrected chi connectivity index (χ0v) is 18.6. The Morgan fingerprint density at radius 1 is 1.41 bits per heavy atom. The van der Waals surface area contributed by atoms with Crippen LogP contribution in [0.25, 0.3) is 0 Å². The zero-order chi connectivity index (χ0) is 20.1. The molecule has 0 saturated carbocycles. The van der Waals surface area contributed by atoms with Crippen molar-refractivity contribution in [3.8, 4) is 0 Å². The van der Waals surface area contributed by atoms with Crippen LogP contribution in [0, 0.1) is 0 Å². The molecule has 0 unspecified atom stereocenters. The van der Waals surface area contributed by atoms with E-state index in [9.17, 15) is 18.9 Å². The largest absolute Gasteiger partial charge is 0.614 e. The van der Waals surface area contributed by atoms with Gasteiger partial charge < -0.3 is 14.3 Å². The molecule has 148 valence electrons. The molecular formula is C17H24N2O5S2Si. The predicted octanol–water partition coefficient (Wildman–Crippen LogP) is 1.23. The molecule has 3 rings (SSSR count). The molecule has 2 saturated heterocycles. The van der Waals surface area contributed by atoms with Gasteiger partial charge in [-0.1, -0.05) is 6.07 Å². The van der Waals surface area contributed by atoms with Gasteiger partial charge in [0.1, 0.15) is 0 Å². The highest BCUT2D eigenvalue weighted by Crippen LogP contribution is 2.46. The summed E-state index contributed by atoms with van der Waals surface area (Å²) in [7, 11) is -2.16. The van der Waals surface area contributed by atoms with Crippen molar-refractivity contribution in [3.05, 3.63) is 22.4 Å². The first-order chi connectivity index (χ1) is 12.4. The Kier molecular flexibility index (Phi) is 5.21. The summed E-state index contributed by atoms with van der Waals surface area (Å²) in [6, 6.07) is 1.95. The lowest BCUT2D eigenvalue weighted by Crippen LogP contribution is -2.72. The first kappa shape index (κ1) is 20.4. The number of carbonyl (C=O) groups excluding carboxylic acids is 3. The van der Waals surface area contributed by atoms with Gasteiger partial charge in [0.05, 0.1) is 6.42 Å². The van der Waals surface area contributed by atoms with Crippen molar-refractivity contribution < 1.29 is 23.4 Å². The van der Waals surface area contributed by atoms with E-state index in [2.05, 4.69) is 5.32 Å². The minimum atomic E-state index is -2.16. The van der Waals surface area contributed by atoms with Gasteiger partial charge in [0.2, 0.25) is 19.6 Å². The fourth-order valence-corrected chi connectivity index (χ4v) is 6.76.